The largest absolute Gasteiger partial charge is 0.454 e. The smallest absolute Gasteiger partial charge is 0.266 e. The molecule has 6 heteroatoms. The predicted octanol–water partition coefficient (Wildman–Crippen LogP) is 2.26. The molecule has 0 saturated carbocycles. The fourth-order valence-electron chi connectivity index (χ4n) is 2.74. The van der Waals surface area contributed by atoms with Gasteiger partial charge in [-0.3, -0.25) is 4.79 Å². The molecule has 106 valence electrons. The zero-order valence-electron chi connectivity index (χ0n) is 10.7. The average molecular weight is 304 g/mol. The summed E-state index contributed by atoms with van der Waals surface area (Å²) < 4.78 is 10.7. The number of benzene rings is 2. The summed E-state index contributed by atoms with van der Waals surface area (Å²) in [6, 6.07) is 9.96. The number of rotatable bonds is 1. The van der Waals surface area contributed by atoms with Crippen LogP contribution in [-0.2, 0) is 10.4 Å². The highest BCUT2D eigenvalue weighted by molar-refractivity contribution is 6.31. The lowest BCUT2D eigenvalue weighted by Gasteiger charge is -2.22. The molecule has 0 fully saturated rings. The second kappa shape index (κ2) is 4.13. The summed E-state index contributed by atoms with van der Waals surface area (Å²) in [7, 11) is 0. The van der Waals surface area contributed by atoms with Crippen molar-refractivity contribution in [2.45, 2.75) is 5.60 Å². The molecular formula is C15H10ClNO4. The molecule has 2 aromatic carbocycles. The number of hydrogen-bond donors (Lipinski definition) is 2. The van der Waals surface area contributed by atoms with Crippen molar-refractivity contribution in [2.24, 2.45) is 0 Å². The predicted molar refractivity (Wildman–Crippen MR) is 75.6 cm³/mol. The topological polar surface area (TPSA) is 67.8 Å². The molecule has 1 atom stereocenters. The summed E-state index contributed by atoms with van der Waals surface area (Å²) in [4.78, 5) is 12.4. The first-order valence-corrected chi connectivity index (χ1v) is 6.71. The molecule has 4 rings (SSSR count). The number of carbonyl (C=O) groups excluding carboxylic acids is 1. The van der Waals surface area contributed by atoms with Gasteiger partial charge in [-0.15, -0.1) is 0 Å². The molecule has 1 amide bonds. The molecule has 2 aliphatic rings. The van der Waals surface area contributed by atoms with Gasteiger partial charge in [0.05, 0.1) is 0 Å². The van der Waals surface area contributed by atoms with Gasteiger partial charge in [0.2, 0.25) is 6.79 Å². The highest BCUT2D eigenvalue weighted by atomic mass is 35.5. The molecule has 0 radical (unpaired) electrons. The molecule has 0 aromatic heterocycles. The molecule has 0 bridgehead atoms. The molecule has 0 spiro atoms. The van der Waals surface area contributed by atoms with Gasteiger partial charge in [0, 0.05) is 21.8 Å². The maximum Gasteiger partial charge on any atom is 0.266 e. The van der Waals surface area contributed by atoms with E-state index in [1.165, 1.54) is 0 Å². The number of ether oxygens (including phenoxy) is 2. The van der Waals surface area contributed by atoms with Crippen molar-refractivity contribution in [3.8, 4) is 11.5 Å². The average Bonchev–Trinajstić information content (AvgIpc) is 3.04. The number of amides is 1. The summed E-state index contributed by atoms with van der Waals surface area (Å²) >= 11 is 6.00. The third-order valence-corrected chi connectivity index (χ3v) is 3.97. The van der Waals surface area contributed by atoms with E-state index in [-0.39, 0.29) is 6.79 Å². The molecule has 5 nitrogen and oxygen atoms in total. The highest BCUT2D eigenvalue weighted by Gasteiger charge is 2.49. The van der Waals surface area contributed by atoms with Gasteiger partial charge < -0.3 is 19.9 Å². The Balaban J connectivity index is 1.98. The van der Waals surface area contributed by atoms with E-state index in [0.717, 1.165) is 0 Å². The van der Waals surface area contributed by atoms with Crippen LogP contribution < -0.4 is 14.8 Å². The van der Waals surface area contributed by atoms with Gasteiger partial charge >= 0.3 is 0 Å². The zero-order chi connectivity index (χ0) is 14.6. The molecular weight excluding hydrogens is 294 g/mol. The molecule has 2 N–H and O–H groups in total. The summed E-state index contributed by atoms with van der Waals surface area (Å²) in [6.45, 7) is 0.0620. The first kappa shape index (κ1) is 12.5. The fourth-order valence-corrected chi connectivity index (χ4v) is 2.91. The van der Waals surface area contributed by atoms with Crippen LogP contribution in [0.4, 0.5) is 5.69 Å². The quantitative estimate of drug-likeness (QED) is 0.848. The Hall–Kier alpha value is -2.24. The third kappa shape index (κ3) is 1.58. The van der Waals surface area contributed by atoms with E-state index in [2.05, 4.69) is 5.32 Å². The van der Waals surface area contributed by atoms with Crippen molar-refractivity contribution in [1.82, 2.24) is 0 Å². The second-order valence-corrected chi connectivity index (χ2v) is 5.33. The van der Waals surface area contributed by atoms with E-state index in [1.807, 2.05) is 0 Å². The Morgan fingerprint density at radius 1 is 1.19 bits per heavy atom. The van der Waals surface area contributed by atoms with E-state index >= 15 is 0 Å². The van der Waals surface area contributed by atoms with Gasteiger partial charge in [-0.1, -0.05) is 23.7 Å². The van der Waals surface area contributed by atoms with Gasteiger partial charge in [-0.2, -0.15) is 0 Å². The van der Waals surface area contributed by atoms with E-state index in [4.69, 9.17) is 21.1 Å². The van der Waals surface area contributed by atoms with Crippen LogP contribution in [0, 0.1) is 0 Å². The van der Waals surface area contributed by atoms with E-state index in [0.29, 0.717) is 33.3 Å². The zero-order valence-corrected chi connectivity index (χ0v) is 11.5. The van der Waals surface area contributed by atoms with E-state index in [9.17, 15) is 9.90 Å². The van der Waals surface area contributed by atoms with Gasteiger partial charge in [-0.25, -0.2) is 0 Å². The first-order chi connectivity index (χ1) is 10.1. The van der Waals surface area contributed by atoms with Crippen molar-refractivity contribution in [3.05, 3.63) is 52.5 Å². The summed E-state index contributed by atoms with van der Waals surface area (Å²) in [5.74, 6) is 0.343. The number of fused-ring (bicyclic) bond motifs is 2. The Morgan fingerprint density at radius 3 is 2.90 bits per heavy atom. The van der Waals surface area contributed by atoms with Crippen LogP contribution in [0.25, 0.3) is 0 Å². The van der Waals surface area contributed by atoms with Gasteiger partial charge in [0.15, 0.2) is 17.1 Å². The van der Waals surface area contributed by atoms with Crippen LogP contribution in [0.1, 0.15) is 11.1 Å². The Bertz CT molecular complexity index is 776. The SMILES string of the molecule is O=C1Nc2ccc(Cl)cc2C1(O)c1cccc2c1OCO2. The number of para-hydroxylation sites is 1. The maximum atomic E-state index is 12.4. The minimum absolute atomic E-state index is 0.0620. The van der Waals surface area contributed by atoms with Gasteiger partial charge in [0.25, 0.3) is 5.91 Å². The van der Waals surface area contributed by atoms with E-state index < -0.39 is 11.5 Å². The highest BCUT2D eigenvalue weighted by Crippen LogP contribution is 2.48. The van der Waals surface area contributed by atoms with Crippen molar-refractivity contribution in [2.75, 3.05) is 12.1 Å². The maximum absolute atomic E-state index is 12.4. The van der Waals surface area contributed by atoms with Gasteiger partial charge in [0.1, 0.15) is 0 Å². The Morgan fingerprint density at radius 2 is 2.05 bits per heavy atom. The normalized spacial score (nSPS) is 22.1. The number of anilines is 1. The van der Waals surface area contributed by atoms with Crippen molar-refractivity contribution in [3.63, 3.8) is 0 Å². The number of halogens is 1. The lowest BCUT2D eigenvalue weighted by Crippen LogP contribution is -2.35. The second-order valence-electron chi connectivity index (χ2n) is 4.89. The lowest BCUT2D eigenvalue weighted by molar-refractivity contribution is -0.129. The molecule has 2 heterocycles. The number of aliphatic hydroxyl groups is 1. The summed E-state index contributed by atoms with van der Waals surface area (Å²) in [6.07, 6.45) is 0. The standard InChI is InChI=1S/C15H10ClNO4/c16-8-4-5-11-10(6-8)15(19,14(18)17-11)9-2-1-3-12-13(9)21-7-20-12/h1-6,19H,7H2,(H,17,18). The van der Waals surface area contributed by atoms with Crippen LogP contribution in [-0.4, -0.2) is 17.8 Å². The monoisotopic (exact) mass is 303 g/mol. The van der Waals surface area contributed by atoms with Gasteiger partial charge in [-0.05, 0) is 24.3 Å². The van der Waals surface area contributed by atoms with Crippen LogP contribution in [0.3, 0.4) is 0 Å². The molecule has 2 aliphatic heterocycles. The summed E-state index contributed by atoms with van der Waals surface area (Å²) in [5, 5.41) is 14.2. The number of nitrogens with one attached hydrogen (secondary N) is 1. The first-order valence-electron chi connectivity index (χ1n) is 6.33. The van der Waals surface area contributed by atoms with Crippen LogP contribution in [0.2, 0.25) is 5.02 Å². The minimum Gasteiger partial charge on any atom is -0.454 e. The van der Waals surface area contributed by atoms with Crippen molar-refractivity contribution >= 4 is 23.2 Å². The number of hydrogen-bond acceptors (Lipinski definition) is 4. The number of carbonyl (C=O) groups is 1. The van der Waals surface area contributed by atoms with Crippen molar-refractivity contribution in [1.29, 1.82) is 0 Å². The Labute approximate surface area is 125 Å². The third-order valence-electron chi connectivity index (χ3n) is 3.73. The van der Waals surface area contributed by atoms with Crippen LogP contribution in [0.15, 0.2) is 36.4 Å². The molecule has 0 aliphatic carbocycles. The molecule has 1 unspecified atom stereocenters. The molecule has 0 saturated heterocycles. The van der Waals surface area contributed by atoms with E-state index in [1.54, 1.807) is 36.4 Å². The molecule has 2 aromatic rings. The lowest BCUT2D eigenvalue weighted by atomic mass is 9.86. The fraction of sp³-hybridized carbons (Fsp3) is 0.133. The van der Waals surface area contributed by atoms with Crippen molar-refractivity contribution < 1.29 is 19.4 Å². The minimum atomic E-state index is -1.85. The van der Waals surface area contributed by atoms with Crippen LogP contribution in [0.5, 0.6) is 11.5 Å². The Kier molecular flexibility index (Phi) is 2.46. The molecule has 21 heavy (non-hydrogen) atoms. The van der Waals surface area contributed by atoms with Crippen LogP contribution >= 0.6 is 11.6 Å². The summed E-state index contributed by atoms with van der Waals surface area (Å²) in [5.41, 5.74) is -0.567.